The molecule has 2 aromatic rings. The quantitative estimate of drug-likeness (QED) is 0.689. The zero-order valence-corrected chi connectivity index (χ0v) is 18.7. The summed E-state index contributed by atoms with van der Waals surface area (Å²) < 4.78 is 12.0. The number of rotatable bonds is 4. The van der Waals surface area contributed by atoms with Gasteiger partial charge in [-0.25, -0.2) is 0 Å². The zero-order chi connectivity index (χ0) is 22.0. The Morgan fingerprint density at radius 2 is 1.10 bits per heavy atom. The Labute approximate surface area is 184 Å². The molecule has 0 atom stereocenters. The molecule has 5 nitrogen and oxygen atoms in total. The van der Waals surface area contributed by atoms with Crippen molar-refractivity contribution >= 4 is 29.3 Å². The van der Waals surface area contributed by atoms with E-state index in [0.717, 1.165) is 33.6 Å². The molecule has 0 bridgehead atoms. The molecule has 1 heterocycles. The van der Waals surface area contributed by atoms with E-state index in [2.05, 4.69) is 34.1 Å². The first-order valence-corrected chi connectivity index (χ1v) is 10.6. The lowest BCUT2D eigenvalue weighted by Crippen LogP contribution is -2.38. The van der Waals surface area contributed by atoms with Gasteiger partial charge in [0.1, 0.15) is 0 Å². The van der Waals surface area contributed by atoms with Crippen LogP contribution in [0.3, 0.4) is 0 Å². The molecule has 0 unspecified atom stereocenters. The lowest BCUT2D eigenvalue weighted by atomic mass is 9.82. The second kappa shape index (κ2) is 8.69. The molecule has 2 fully saturated rings. The molecule has 4 rings (SSSR count). The molecule has 2 aromatic carbocycles. The van der Waals surface area contributed by atoms with Crippen molar-refractivity contribution in [2.24, 2.45) is 0 Å². The second-order valence-corrected chi connectivity index (χ2v) is 8.60. The molecule has 1 saturated heterocycles. The third-order valence-electron chi connectivity index (χ3n) is 5.82. The van der Waals surface area contributed by atoms with Crippen molar-refractivity contribution in [3.8, 4) is 0 Å². The molecule has 1 spiro atoms. The molecule has 2 aliphatic rings. The molecule has 0 N–H and O–H groups in total. The van der Waals surface area contributed by atoms with Crippen LogP contribution >= 0.6 is 0 Å². The fraction of sp³-hybridized carbons (Fsp3) is 0.346. The molecule has 1 aliphatic carbocycles. The van der Waals surface area contributed by atoms with Gasteiger partial charge < -0.3 is 19.3 Å². The van der Waals surface area contributed by atoms with Crippen molar-refractivity contribution < 1.29 is 14.3 Å². The Hall–Kier alpha value is -2.89. The topological polar surface area (TPSA) is 42.0 Å². The number of carbonyl (C=O) groups is 1. The summed E-state index contributed by atoms with van der Waals surface area (Å²) in [5.41, 5.74) is 5.69. The Kier molecular flexibility index (Phi) is 5.99. The number of benzene rings is 2. The predicted molar refractivity (Wildman–Crippen MR) is 126 cm³/mol. The van der Waals surface area contributed by atoms with E-state index in [9.17, 15) is 4.79 Å². The Balaban J connectivity index is 1.66. The number of ketones is 1. The van der Waals surface area contributed by atoms with E-state index in [4.69, 9.17) is 9.47 Å². The molecule has 31 heavy (non-hydrogen) atoms. The normalized spacial score (nSPS) is 20.6. The van der Waals surface area contributed by atoms with Crippen LogP contribution in [-0.2, 0) is 14.3 Å². The summed E-state index contributed by atoms with van der Waals surface area (Å²) in [6.45, 7) is 1.12. The van der Waals surface area contributed by atoms with Gasteiger partial charge in [0, 0.05) is 63.6 Å². The highest BCUT2D eigenvalue weighted by Gasteiger charge is 2.44. The minimum absolute atomic E-state index is 0.0677. The maximum absolute atomic E-state index is 13.4. The van der Waals surface area contributed by atoms with Gasteiger partial charge in [-0.2, -0.15) is 0 Å². The number of anilines is 2. The van der Waals surface area contributed by atoms with E-state index in [1.165, 1.54) is 0 Å². The average molecular weight is 419 g/mol. The minimum atomic E-state index is -0.737. The van der Waals surface area contributed by atoms with Crippen molar-refractivity contribution in [1.82, 2.24) is 0 Å². The number of ether oxygens (including phenoxy) is 2. The summed E-state index contributed by atoms with van der Waals surface area (Å²) in [7, 11) is 8.05. The van der Waals surface area contributed by atoms with E-state index in [1.54, 1.807) is 0 Å². The maximum atomic E-state index is 13.4. The van der Waals surface area contributed by atoms with E-state index in [-0.39, 0.29) is 5.78 Å². The van der Waals surface area contributed by atoms with Crippen LogP contribution in [0.25, 0.3) is 12.2 Å². The van der Waals surface area contributed by atoms with Crippen molar-refractivity contribution in [2.45, 2.75) is 18.6 Å². The molecule has 0 aromatic heterocycles. The first kappa shape index (κ1) is 21.3. The summed E-state index contributed by atoms with van der Waals surface area (Å²) in [6, 6.07) is 16.4. The van der Waals surface area contributed by atoms with E-state index in [1.807, 2.05) is 64.6 Å². The van der Waals surface area contributed by atoms with E-state index < -0.39 is 5.79 Å². The Bertz CT molecular complexity index is 920. The number of hydrogen-bond acceptors (Lipinski definition) is 5. The highest BCUT2D eigenvalue weighted by atomic mass is 16.7. The summed E-state index contributed by atoms with van der Waals surface area (Å²) in [5.74, 6) is -0.670. The van der Waals surface area contributed by atoms with Crippen LogP contribution in [0.4, 0.5) is 11.4 Å². The highest BCUT2D eigenvalue weighted by Crippen LogP contribution is 2.41. The molecule has 162 valence electrons. The number of hydrogen-bond donors (Lipinski definition) is 0. The molecular weight excluding hydrogens is 388 g/mol. The summed E-state index contributed by atoms with van der Waals surface area (Å²) in [5, 5.41) is 0. The first-order chi connectivity index (χ1) is 14.8. The SMILES string of the molecule is CN(C)c1ccc(/C=C2\CC3(C/C(=C\c4ccc(N(C)C)cc4)C2=O)OCCO3)cc1. The van der Waals surface area contributed by atoms with Crippen molar-refractivity contribution in [1.29, 1.82) is 0 Å². The van der Waals surface area contributed by atoms with Crippen LogP contribution in [0.5, 0.6) is 0 Å². The molecular formula is C26H30N2O3. The van der Waals surface area contributed by atoms with Crippen LogP contribution in [0.1, 0.15) is 24.0 Å². The van der Waals surface area contributed by atoms with Gasteiger partial charge in [-0.05, 0) is 47.5 Å². The largest absolute Gasteiger partial charge is 0.378 e. The molecule has 0 radical (unpaired) electrons. The van der Waals surface area contributed by atoms with Gasteiger partial charge in [-0.3, -0.25) is 4.79 Å². The van der Waals surface area contributed by atoms with Crippen molar-refractivity contribution in [2.75, 3.05) is 51.2 Å². The minimum Gasteiger partial charge on any atom is -0.378 e. The number of nitrogens with zero attached hydrogens (tertiary/aromatic N) is 2. The molecule has 5 heteroatoms. The number of Topliss-reactive ketones (excluding diaryl/α,β-unsaturated/α-hetero) is 1. The fourth-order valence-corrected chi connectivity index (χ4v) is 4.08. The van der Waals surface area contributed by atoms with Gasteiger partial charge in [0.2, 0.25) is 0 Å². The van der Waals surface area contributed by atoms with Crippen LogP contribution in [0, 0.1) is 0 Å². The summed E-state index contributed by atoms with van der Waals surface area (Å²) >= 11 is 0. The van der Waals surface area contributed by atoms with Gasteiger partial charge in [-0.1, -0.05) is 24.3 Å². The monoisotopic (exact) mass is 418 g/mol. The maximum Gasteiger partial charge on any atom is 0.185 e. The average Bonchev–Trinajstić information content (AvgIpc) is 3.20. The smallest absolute Gasteiger partial charge is 0.185 e. The van der Waals surface area contributed by atoms with Gasteiger partial charge >= 0.3 is 0 Å². The predicted octanol–water partition coefficient (Wildman–Crippen LogP) is 4.39. The standard InChI is InChI=1S/C26H30N2O3/c1-27(2)23-9-5-19(6-10-23)15-21-17-26(30-13-14-31-26)18-22(25(21)29)16-20-7-11-24(12-8-20)28(3)4/h5-12,15-16H,13-14,17-18H2,1-4H3/b21-15+,22-16+. The van der Waals surface area contributed by atoms with Crippen LogP contribution in [-0.4, -0.2) is 53.0 Å². The van der Waals surface area contributed by atoms with Gasteiger partial charge in [0.15, 0.2) is 11.6 Å². The number of carbonyl (C=O) groups excluding carboxylic acids is 1. The van der Waals surface area contributed by atoms with Crippen molar-refractivity contribution in [3.05, 3.63) is 70.8 Å². The Morgan fingerprint density at radius 3 is 1.45 bits per heavy atom. The third-order valence-corrected chi connectivity index (χ3v) is 5.82. The van der Waals surface area contributed by atoms with Gasteiger partial charge in [0.25, 0.3) is 0 Å². The van der Waals surface area contributed by atoms with Crippen LogP contribution in [0.2, 0.25) is 0 Å². The fourth-order valence-electron chi connectivity index (χ4n) is 4.08. The molecule has 1 aliphatic heterocycles. The van der Waals surface area contributed by atoms with Crippen LogP contribution < -0.4 is 9.80 Å². The van der Waals surface area contributed by atoms with Crippen molar-refractivity contribution in [3.63, 3.8) is 0 Å². The molecule has 0 amide bonds. The summed E-state index contributed by atoms with van der Waals surface area (Å²) in [6.07, 6.45) is 4.88. The van der Waals surface area contributed by atoms with Gasteiger partial charge in [0.05, 0.1) is 13.2 Å². The van der Waals surface area contributed by atoms with Gasteiger partial charge in [-0.15, -0.1) is 0 Å². The Morgan fingerprint density at radius 1 is 0.710 bits per heavy atom. The third kappa shape index (κ3) is 4.73. The lowest BCUT2D eigenvalue weighted by Gasteiger charge is -2.33. The van der Waals surface area contributed by atoms with E-state index in [0.29, 0.717) is 26.1 Å². The lowest BCUT2D eigenvalue weighted by molar-refractivity contribution is -0.161. The molecule has 1 saturated carbocycles. The van der Waals surface area contributed by atoms with Crippen LogP contribution in [0.15, 0.2) is 59.7 Å². The zero-order valence-electron chi connectivity index (χ0n) is 18.7. The second-order valence-electron chi connectivity index (χ2n) is 8.60. The first-order valence-electron chi connectivity index (χ1n) is 10.6. The highest BCUT2D eigenvalue weighted by molar-refractivity contribution is 6.14. The summed E-state index contributed by atoms with van der Waals surface area (Å²) in [4.78, 5) is 17.5. The van der Waals surface area contributed by atoms with E-state index >= 15 is 0 Å².